The number of nitrogens with one attached hydrogen (secondary N) is 2. The van der Waals surface area contributed by atoms with Gasteiger partial charge in [0.25, 0.3) is 0 Å². The second kappa shape index (κ2) is 6.45. The molecule has 2 amide bonds. The molecular weight excluding hydrogens is 290 g/mol. The molecule has 0 aliphatic carbocycles. The molecule has 0 unspecified atom stereocenters. The molecule has 23 heavy (non-hydrogen) atoms. The van der Waals surface area contributed by atoms with E-state index < -0.39 is 6.03 Å². The lowest BCUT2D eigenvalue weighted by molar-refractivity contribution is 0.262. The Kier molecular flexibility index (Phi) is 4.03. The largest absolute Gasteiger partial charge is 0.324 e. The molecule has 0 spiro atoms. The quantitative estimate of drug-likeness (QED) is 0.778. The van der Waals surface area contributed by atoms with E-state index in [1.807, 2.05) is 54.6 Å². The lowest BCUT2D eigenvalue weighted by Gasteiger charge is -2.10. The third kappa shape index (κ3) is 3.19. The highest BCUT2D eigenvalue weighted by Crippen LogP contribution is 2.19. The van der Waals surface area contributed by atoms with Crippen LogP contribution >= 0.6 is 0 Å². The zero-order chi connectivity index (χ0) is 16.1. The molecule has 6 heteroatoms. The summed E-state index contributed by atoms with van der Waals surface area (Å²) in [7, 11) is 0. The predicted octanol–water partition coefficient (Wildman–Crippen LogP) is 3.39. The maximum atomic E-state index is 12.2. The highest BCUT2D eigenvalue weighted by molar-refractivity contribution is 6.00. The molecule has 0 aliphatic heterocycles. The molecule has 0 saturated heterocycles. The third-order valence-electron chi connectivity index (χ3n) is 3.15. The van der Waals surface area contributed by atoms with Crippen LogP contribution in [0, 0.1) is 11.3 Å². The number of amides is 2. The van der Waals surface area contributed by atoms with E-state index in [0.29, 0.717) is 11.5 Å². The third-order valence-corrected chi connectivity index (χ3v) is 3.15. The first kappa shape index (κ1) is 14.4. The van der Waals surface area contributed by atoms with Gasteiger partial charge >= 0.3 is 6.03 Å². The van der Waals surface area contributed by atoms with Crippen LogP contribution < -0.4 is 10.6 Å². The monoisotopic (exact) mass is 303 g/mol. The number of para-hydroxylation sites is 2. The van der Waals surface area contributed by atoms with Gasteiger partial charge in [-0.15, -0.1) is 0 Å². The molecule has 2 N–H and O–H groups in total. The minimum Gasteiger partial charge on any atom is -0.308 e. The van der Waals surface area contributed by atoms with Crippen LogP contribution in [0.5, 0.6) is 0 Å². The number of anilines is 2. The molecule has 3 rings (SSSR count). The Balaban J connectivity index is 1.86. The van der Waals surface area contributed by atoms with Crippen molar-refractivity contribution in [2.45, 2.75) is 0 Å². The van der Waals surface area contributed by atoms with Crippen LogP contribution in [0.2, 0.25) is 0 Å². The summed E-state index contributed by atoms with van der Waals surface area (Å²) in [5.74, 6) is 0.326. The highest BCUT2D eigenvalue weighted by Gasteiger charge is 2.14. The summed E-state index contributed by atoms with van der Waals surface area (Å²) in [5, 5.41) is 18.8. The van der Waals surface area contributed by atoms with E-state index in [1.165, 1.54) is 10.9 Å². The average Bonchev–Trinajstić information content (AvgIpc) is 2.99. The molecule has 0 bridgehead atoms. The Labute approximate surface area is 133 Å². The van der Waals surface area contributed by atoms with E-state index in [0.717, 1.165) is 5.69 Å². The number of hydrogen-bond donors (Lipinski definition) is 2. The summed E-state index contributed by atoms with van der Waals surface area (Å²) in [6.45, 7) is 0. The van der Waals surface area contributed by atoms with Crippen molar-refractivity contribution in [3.05, 3.63) is 72.4 Å². The van der Waals surface area contributed by atoms with Gasteiger partial charge in [0, 0.05) is 5.69 Å². The first-order valence-corrected chi connectivity index (χ1v) is 6.94. The number of nitrogens with zero attached hydrogens (tertiary/aromatic N) is 3. The Morgan fingerprint density at radius 2 is 1.65 bits per heavy atom. The molecule has 2 aromatic carbocycles. The second-order valence-corrected chi connectivity index (χ2v) is 4.71. The van der Waals surface area contributed by atoms with Gasteiger partial charge in [-0.3, -0.25) is 5.32 Å². The van der Waals surface area contributed by atoms with Crippen LogP contribution in [0.15, 0.2) is 66.9 Å². The number of hydrogen-bond acceptors (Lipinski definition) is 3. The summed E-state index contributed by atoms with van der Waals surface area (Å²) in [5.41, 5.74) is 1.70. The normalized spacial score (nSPS) is 9.87. The molecule has 0 radical (unpaired) electrons. The Hall–Kier alpha value is -3.59. The van der Waals surface area contributed by atoms with Crippen molar-refractivity contribution in [1.29, 1.82) is 5.26 Å². The van der Waals surface area contributed by atoms with Crippen LogP contribution in [-0.4, -0.2) is 15.8 Å². The molecule has 6 nitrogen and oxygen atoms in total. The zero-order valence-corrected chi connectivity index (χ0v) is 12.1. The van der Waals surface area contributed by atoms with Gasteiger partial charge in [0.15, 0.2) is 5.82 Å². The number of benzene rings is 2. The molecular formula is C17H13N5O. The number of aromatic nitrogens is 2. The summed E-state index contributed by atoms with van der Waals surface area (Å²) in [4.78, 5) is 12.2. The van der Waals surface area contributed by atoms with Crippen molar-refractivity contribution in [1.82, 2.24) is 9.78 Å². The van der Waals surface area contributed by atoms with Crippen LogP contribution in [0.3, 0.4) is 0 Å². The van der Waals surface area contributed by atoms with E-state index in [4.69, 9.17) is 0 Å². The van der Waals surface area contributed by atoms with Crippen molar-refractivity contribution >= 4 is 17.5 Å². The lowest BCUT2D eigenvalue weighted by Crippen LogP contribution is -2.21. The fraction of sp³-hybridized carbons (Fsp3) is 0. The smallest absolute Gasteiger partial charge is 0.308 e. The van der Waals surface area contributed by atoms with Crippen molar-refractivity contribution in [2.75, 3.05) is 10.6 Å². The van der Waals surface area contributed by atoms with Gasteiger partial charge in [0.2, 0.25) is 0 Å². The number of carbonyl (C=O) groups excluding carboxylic acids is 1. The van der Waals surface area contributed by atoms with E-state index in [-0.39, 0.29) is 5.56 Å². The molecule has 0 fully saturated rings. The molecule has 1 heterocycles. The Bertz CT molecular complexity index is 850. The molecule has 0 aliphatic rings. The maximum Gasteiger partial charge on any atom is 0.324 e. The van der Waals surface area contributed by atoms with Gasteiger partial charge in [-0.05, 0) is 24.3 Å². The van der Waals surface area contributed by atoms with Crippen molar-refractivity contribution in [2.24, 2.45) is 0 Å². The van der Waals surface area contributed by atoms with Gasteiger partial charge in [0.05, 0.1) is 11.9 Å². The fourth-order valence-electron chi connectivity index (χ4n) is 2.11. The summed E-state index contributed by atoms with van der Waals surface area (Å²) in [6.07, 6.45) is 1.42. The van der Waals surface area contributed by atoms with Crippen LogP contribution in [0.4, 0.5) is 16.3 Å². The first-order chi connectivity index (χ1) is 11.3. The first-order valence-electron chi connectivity index (χ1n) is 6.94. The van der Waals surface area contributed by atoms with Gasteiger partial charge in [0.1, 0.15) is 11.6 Å². The predicted molar refractivity (Wildman–Crippen MR) is 87.4 cm³/mol. The Morgan fingerprint density at radius 3 is 2.30 bits per heavy atom. The van der Waals surface area contributed by atoms with E-state index in [2.05, 4.69) is 15.7 Å². The topological polar surface area (TPSA) is 82.7 Å². The summed E-state index contributed by atoms with van der Waals surface area (Å²) in [6, 6.07) is 19.9. The standard InChI is InChI=1S/C17H13N5O/c18-11-13-12-19-22(15-9-5-2-6-10-15)16(13)21-17(23)20-14-7-3-1-4-8-14/h1-10,12H,(H2,20,21,23). The van der Waals surface area contributed by atoms with Crippen molar-refractivity contribution in [3.63, 3.8) is 0 Å². The van der Waals surface area contributed by atoms with E-state index in [1.54, 1.807) is 12.1 Å². The molecule has 0 atom stereocenters. The van der Waals surface area contributed by atoms with Gasteiger partial charge in [-0.25, -0.2) is 9.48 Å². The minimum absolute atomic E-state index is 0.289. The van der Waals surface area contributed by atoms with Crippen LogP contribution in [-0.2, 0) is 0 Å². The van der Waals surface area contributed by atoms with Gasteiger partial charge in [-0.1, -0.05) is 36.4 Å². The van der Waals surface area contributed by atoms with E-state index in [9.17, 15) is 10.1 Å². The lowest BCUT2D eigenvalue weighted by atomic mass is 10.3. The number of rotatable bonds is 3. The minimum atomic E-state index is -0.439. The molecule has 1 aromatic heterocycles. The molecule has 112 valence electrons. The SMILES string of the molecule is N#Cc1cnn(-c2ccccc2)c1NC(=O)Nc1ccccc1. The molecule has 0 saturated carbocycles. The average molecular weight is 303 g/mol. The van der Waals surface area contributed by atoms with Crippen molar-refractivity contribution in [3.8, 4) is 11.8 Å². The summed E-state index contributed by atoms with van der Waals surface area (Å²) < 4.78 is 1.52. The van der Waals surface area contributed by atoms with Crippen molar-refractivity contribution < 1.29 is 4.79 Å². The van der Waals surface area contributed by atoms with Crippen LogP contribution in [0.1, 0.15) is 5.56 Å². The Morgan fingerprint density at radius 1 is 1.00 bits per heavy atom. The number of nitriles is 1. The van der Waals surface area contributed by atoms with Gasteiger partial charge < -0.3 is 5.32 Å². The number of carbonyl (C=O) groups is 1. The maximum absolute atomic E-state index is 12.2. The highest BCUT2D eigenvalue weighted by atomic mass is 16.2. The second-order valence-electron chi connectivity index (χ2n) is 4.71. The number of urea groups is 1. The van der Waals surface area contributed by atoms with Gasteiger partial charge in [-0.2, -0.15) is 10.4 Å². The summed E-state index contributed by atoms with van der Waals surface area (Å²) >= 11 is 0. The van der Waals surface area contributed by atoms with Crippen LogP contribution in [0.25, 0.3) is 5.69 Å². The van der Waals surface area contributed by atoms with E-state index >= 15 is 0 Å². The fourth-order valence-corrected chi connectivity index (χ4v) is 2.11. The zero-order valence-electron chi connectivity index (χ0n) is 12.1. The molecule has 3 aromatic rings.